The molecule has 1 amide bonds. The second-order valence-electron chi connectivity index (χ2n) is 7.14. The van der Waals surface area contributed by atoms with Crippen LogP contribution in [0.2, 0.25) is 0 Å². The van der Waals surface area contributed by atoms with Crippen molar-refractivity contribution in [3.8, 4) is 0 Å². The van der Waals surface area contributed by atoms with E-state index in [1.54, 1.807) is 0 Å². The molecule has 0 saturated carbocycles. The Morgan fingerprint density at radius 3 is 2.81 bits per heavy atom. The van der Waals surface area contributed by atoms with Gasteiger partial charge in [0.25, 0.3) is 5.91 Å². The maximum Gasteiger partial charge on any atom is 0.276 e. The molecular formula is C19H26ClN5O. The van der Waals surface area contributed by atoms with Crippen LogP contribution in [0.15, 0.2) is 30.5 Å². The summed E-state index contributed by atoms with van der Waals surface area (Å²) in [5.74, 6) is 0.00388. The number of carbonyl (C=O) groups excluding carboxylic acids is 1. The lowest BCUT2D eigenvalue weighted by molar-refractivity contribution is 0.0729. The number of piperidine rings is 1. The Kier molecular flexibility index (Phi) is 5.94. The number of rotatable bonds is 3. The quantitative estimate of drug-likeness (QED) is 0.895. The van der Waals surface area contributed by atoms with Gasteiger partial charge in [-0.15, -0.1) is 17.5 Å². The van der Waals surface area contributed by atoms with E-state index in [-0.39, 0.29) is 24.4 Å². The van der Waals surface area contributed by atoms with Gasteiger partial charge >= 0.3 is 0 Å². The van der Waals surface area contributed by atoms with Crippen LogP contribution >= 0.6 is 12.4 Å². The molecule has 2 saturated heterocycles. The van der Waals surface area contributed by atoms with Crippen molar-refractivity contribution in [2.45, 2.75) is 44.7 Å². The summed E-state index contributed by atoms with van der Waals surface area (Å²) < 4.78 is 1.88. The Labute approximate surface area is 160 Å². The third-order valence-corrected chi connectivity index (χ3v) is 5.35. The summed E-state index contributed by atoms with van der Waals surface area (Å²) in [6, 6.07) is 8.96. The summed E-state index contributed by atoms with van der Waals surface area (Å²) >= 11 is 0. The van der Waals surface area contributed by atoms with Crippen molar-refractivity contribution in [3.63, 3.8) is 0 Å². The van der Waals surface area contributed by atoms with Gasteiger partial charge in [0.1, 0.15) is 0 Å². The van der Waals surface area contributed by atoms with E-state index in [2.05, 4.69) is 46.8 Å². The second-order valence-corrected chi connectivity index (χ2v) is 7.14. The molecule has 2 fully saturated rings. The second kappa shape index (κ2) is 8.18. The van der Waals surface area contributed by atoms with Gasteiger partial charge in [-0.05, 0) is 51.3 Å². The Morgan fingerprint density at radius 2 is 2.04 bits per heavy atom. The van der Waals surface area contributed by atoms with Gasteiger partial charge in [0.05, 0.1) is 18.3 Å². The molecule has 0 radical (unpaired) electrons. The van der Waals surface area contributed by atoms with Gasteiger partial charge < -0.3 is 10.2 Å². The van der Waals surface area contributed by atoms with E-state index in [4.69, 9.17) is 0 Å². The highest BCUT2D eigenvalue weighted by Crippen LogP contribution is 2.33. The number of hydrogen-bond acceptors (Lipinski definition) is 4. The van der Waals surface area contributed by atoms with Gasteiger partial charge in [0.15, 0.2) is 5.69 Å². The van der Waals surface area contributed by atoms with E-state index < -0.39 is 0 Å². The summed E-state index contributed by atoms with van der Waals surface area (Å²) in [5.41, 5.74) is 2.92. The first-order chi connectivity index (χ1) is 12.2. The predicted octanol–water partition coefficient (Wildman–Crippen LogP) is 2.91. The van der Waals surface area contributed by atoms with Crippen molar-refractivity contribution in [2.75, 3.05) is 19.6 Å². The van der Waals surface area contributed by atoms with Crippen molar-refractivity contribution in [3.05, 3.63) is 47.3 Å². The van der Waals surface area contributed by atoms with E-state index >= 15 is 0 Å². The monoisotopic (exact) mass is 375 g/mol. The van der Waals surface area contributed by atoms with Crippen LogP contribution in [-0.2, 0) is 0 Å². The van der Waals surface area contributed by atoms with Gasteiger partial charge in [0, 0.05) is 6.54 Å². The van der Waals surface area contributed by atoms with Gasteiger partial charge in [-0.2, -0.15) is 0 Å². The van der Waals surface area contributed by atoms with Crippen molar-refractivity contribution >= 4 is 18.3 Å². The van der Waals surface area contributed by atoms with Crippen LogP contribution in [0.5, 0.6) is 0 Å². The number of benzene rings is 1. The first kappa shape index (κ1) is 18.9. The lowest BCUT2D eigenvalue weighted by atomic mass is 10.0. The zero-order valence-corrected chi connectivity index (χ0v) is 15.9. The van der Waals surface area contributed by atoms with Crippen LogP contribution in [0, 0.1) is 6.92 Å². The number of aryl methyl sites for hydroxylation is 1. The van der Waals surface area contributed by atoms with Crippen LogP contribution < -0.4 is 5.32 Å². The van der Waals surface area contributed by atoms with Gasteiger partial charge in [-0.1, -0.05) is 35.0 Å². The Morgan fingerprint density at radius 1 is 1.23 bits per heavy atom. The Balaban J connectivity index is 0.00000196. The lowest BCUT2D eigenvalue weighted by Gasteiger charge is -2.24. The number of amides is 1. The minimum atomic E-state index is 0. The number of carbonyl (C=O) groups is 1. The van der Waals surface area contributed by atoms with Crippen LogP contribution in [0.25, 0.3) is 0 Å². The summed E-state index contributed by atoms with van der Waals surface area (Å²) in [7, 11) is 0. The van der Waals surface area contributed by atoms with Gasteiger partial charge in [0.2, 0.25) is 0 Å². The first-order valence-electron chi connectivity index (χ1n) is 9.22. The molecular weight excluding hydrogens is 350 g/mol. The van der Waals surface area contributed by atoms with E-state index in [1.165, 1.54) is 11.1 Å². The number of likely N-dealkylation sites (tertiary alicyclic amines) is 1. The molecule has 2 aliphatic rings. The smallest absolute Gasteiger partial charge is 0.276 e. The fraction of sp³-hybridized carbons (Fsp3) is 0.526. The lowest BCUT2D eigenvalue weighted by Crippen LogP contribution is -2.31. The summed E-state index contributed by atoms with van der Waals surface area (Å²) in [4.78, 5) is 15.0. The SMILES string of the molecule is Cc1cccc(C2CCCN2C(=O)c2cn(C3CCNCC3)nn2)c1.Cl. The van der Waals surface area contributed by atoms with Gasteiger partial charge in [-0.3, -0.25) is 4.79 Å². The van der Waals surface area contributed by atoms with E-state index in [0.717, 1.165) is 45.3 Å². The largest absolute Gasteiger partial charge is 0.330 e. The molecule has 1 unspecified atom stereocenters. The average molecular weight is 376 g/mol. The van der Waals surface area contributed by atoms with E-state index in [0.29, 0.717) is 11.7 Å². The molecule has 2 aliphatic heterocycles. The fourth-order valence-corrected chi connectivity index (χ4v) is 4.01. The molecule has 7 heteroatoms. The number of halogens is 1. The standard InChI is InChI=1S/C19H25N5O.ClH/c1-14-4-2-5-15(12-14)18-6-3-11-23(18)19(25)17-13-24(22-21-17)16-7-9-20-10-8-16;/h2,4-5,12-13,16,18,20H,3,6-11H2,1H3;1H. The van der Waals surface area contributed by atoms with Crippen LogP contribution in [0.1, 0.15) is 59.4 Å². The molecule has 0 aliphatic carbocycles. The predicted molar refractivity (Wildman–Crippen MR) is 103 cm³/mol. The van der Waals surface area contributed by atoms with Crippen molar-refractivity contribution < 1.29 is 4.79 Å². The molecule has 1 atom stereocenters. The van der Waals surface area contributed by atoms with Crippen molar-refractivity contribution in [1.29, 1.82) is 0 Å². The Bertz CT molecular complexity index is 756. The van der Waals surface area contributed by atoms with Gasteiger partial charge in [-0.25, -0.2) is 4.68 Å². The third-order valence-electron chi connectivity index (χ3n) is 5.35. The third kappa shape index (κ3) is 3.76. The molecule has 26 heavy (non-hydrogen) atoms. The minimum absolute atomic E-state index is 0. The molecule has 1 aromatic heterocycles. The average Bonchev–Trinajstić information content (AvgIpc) is 3.32. The molecule has 4 rings (SSSR count). The van der Waals surface area contributed by atoms with Crippen LogP contribution in [-0.4, -0.2) is 45.4 Å². The molecule has 0 spiro atoms. The molecule has 6 nitrogen and oxygen atoms in total. The first-order valence-corrected chi connectivity index (χ1v) is 9.22. The van der Waals surface area contributed by atoms with Crippen molar-refractivity contribution in [1.82, 2.24) is 25.2 Å². The van der Waals surface area contributed by atoms with Crippen molar-refractivity contribution in [2.24, 2.45) is 0 Å². The number of nitrogens with one attached hydrogen (secondary N) is 1. The molecule has 0 bridgehead atoms. The highest BCUT2D eigenvalue weighted by molar-refractivity contribution is 5.92. The molecule has 1 aromatic carbocycles. The fourth-order valence-electron chi connectivity index (χ4n) is 4.01. The molecule has 1 N–H and O–H groups in total. The minimum Gasteiger partial charge on any atom is -0.330 e. The number of nitrogens with zero attached hydrogens (tertiary/aromatic N) is 4. The zero-order valence-electron chi connectivity index (χ0n) is 15.1. The Hall–Kier alpha value is -1.92. The number of hydrogen-bond donors (Lipinski definition) is 1. The zero-order chi connectivity index (χ0) is 17.2. The highest BCUT2D eigenvalue weighted by Gasteiger charge is 2.32. The molecule has 140 valence electrons. The maximum atomic E-state index is 13.0. The summed E-state index contributed by atoms with van der Waals surface area (Å²) in [6.45, 7) is 4.87. The van der Waals surface area contributed by atoms with E-state index in [1.807, 2.05) is 15.8 Å². The maximum absolute atomic E-state index is 13.0. The highest BCUT2D eigenvalue weighted by atomic mass is 35.5. The molecule has 3 heterocycles. The normalized spacial score (nSPS) is 20.8. The summed E-state index contributed by atoms with van der Waals surface area (Å²) in [6.07, 6.45) is 5.95. The topological polar surface area (TPSA) is 63.1 Å². The van der Waals surface area contributed by atoms with Crippen LogP contribution in [0.4, 0.5) is 0 Å². The molecule has 2 aromatic rings. The summed E-state index contributed by atoms with van der Waals surface area (Å²) in [5, 5.41) is 11.8. The number of aromatic nitrogens is 3. The van der Waals surface area contributed by atoms with Crippen LogP contribution in [0.3, 0.4) is 0 Å². The van der Waals surface area contributed by atoms with E-state index in [9.17, 15) is 4.79 Å².